The summed E-state index contributed by atoms with van der Waals surface area (Å²) in [5.74, 6) is -2.10. The van der Waals surface area contributed by atoms with Crippen LogP contribution in [0.5, 0.6) is 17.4 Å². The van der Waals surface area contributed by atoms with E-state index < -0.39 is 40.0 Å². The molecule has 0 fully saturated rings. The minimum absolute atomic E-state index is 0. The number of carbonyl (C=O) groups is 1. The molecule has 38 heavy (non-hydrogen) atoms. The lowest BCUT2D eigenvalue weighted by atomic mass is 10.2. The van der Waals surface area contributed by atoms with Gasteiger partial charge in [0.25, 0.3) is 0 Å². The Morgan fingerprint density at radius 3 is 2.26 bits per heavy atom. The fraction of sp³-hybridized carbons (Fsp3) is 0.167. The Morgan fingerprint density at radius 2 is 1.63 bits per heavy atom. The summed E-state index contributed by atoms with van der Waals surface area (Å²) in [6.45, 7) is -3.12. The molecule has 1 N–H and O–H groups in total. The van der Waals surface area contributed by atoms with Gasteiger partial charge in [-0.3, -0.25) is 9.36 Å². The van der Waals surface area contributed by atoms with E-state index in [4.69, 9.17) is 9.47 Å². The van der Waals surface area contributed by atoms with Crippen LogP contribution in [0.4, 0.5) is 8.78 Å². The highest BCUT2D eigenvalue weighted by molar-refractivity contribution is 7.89. The van der Waals surface area contributed by atoms with Crippen LogP contribution in [0, 0.1) is 0 Å². The van der Waals surface area contributed by atoms with Crippen LogP contribution in [0.2, 0.25) is 0 Å². The molecular weight excluding hydrogens is 524 g/mol. The van der Waals surface area contributed by atoms with Gasteiger partial charge >= 0.3 is 12.5 Å². The first-order chi connectivity index (χ1) is 18.2. The number of nitrogens with zero attached hydrogens (tertiary/aromatic N) is 4. The van der Waals surface area contributed by atoms with E-state index in [9.17, 15) is 22.0 Å². The van der Waals surface area contributed by atoms with E-state index in [-0.39, 0.29) is 30.1 Å². The molecule has 0 saturated carbocycles. The normalized spacial score (nSPS) is 11.3. The molecule has 2 aromatic heterocycles. The first kappa shape index (κ1) is 26.5. The quantitative estimate of drug-likeness (QED) is 0.317. The van der Waals surface area contributed by atoms with Crippen LogP contribution in [0.3, 0.4) is 0 Å². The number of rotatable bonds is 10. The molecule has 2 heterocycles. The number of halogens is 2. The van der Waals surface area contributed by atoms with Crippen LogP contribution >= 0.6 is 0 Å². The van der Waals surface area contributed by atoms with E-state index in [2.05, 4.69) is 19.9 Å². The summed E-state index contributed by atoms with van der Waals surface area (Å²) in [5, 5.41) is 7.91. The van der Waals surface area contributed by atoms with Crippen molar-refractivity contribution < 1.29 is 37.6 Å². The fourth-order valence-corrected chi connectivity index (χ4v) is 4.65. The standard InChI is InChI=1S/C24H21F2N5O6S.H2/c1-35-17-11-7-12-18(36-2)20(17)31-21(16-10-6-13-19(27-16)37-24(25)26)28-29-22(31)23(32)30-38(33,34)14-15-8-4-3-5-9-15;/h3-13,24H,14H2,1-2H3,(H,30,32);1H. The number of aromatic nitrogens is 4. The maximum atomic E-state index is 13.3. The van der Waals surface area contributed by atoms with Crippen molar-refractivity contribution in [2.45, 2.75) is 12.4 Å². The molecule has 0 atom stereocenters. The number of ether oxygens (including phenoxy) is 3. The second-order valence-corrected chi connectivity index (χ2v) is 9.33. The maximum Gasteiger partial charge on any atom is 0.388 e. The van der Waals surface area contributed by atoms with Gasteiger partial charge < -0.3 is 14.2 Å². The van der Waals surface area contributed by atoms with E-state index in [1.807, 2.05) is 4.72 Å². The first-order valence-corrected chi connectivity index (χ1v) is 12.6. The van der Waals surface area contributed by atoms with Crippen LogP contribution in [0.25, 0.3) is 17.2 Å². The highest BCUT2D eigenvalue weighted by Crippen LogP contribution is 2.36. The number of amides is 1. The number of hydrogen-bond acceptors (Lipinski definition) is 9. The van der Waals surface area contributed by atoms with E-state index in [0.29, 0.717) is 5.56 Å². The third kappa shape index (κ3) is 5.86. The number of para-hydroxylation sites is 1. The maximum absolute atomic E-state index is 13.3. The highest BCUT2D eigenvalue weighted by atomic mass is 32.2. The lowest BCUT2D eigenvalue weighted by Crippen LogP contribution is -2.33. The number of carbonyl (C=O) groups excluding carboxylic acids is 1. The molecule has 0 spiro atoms. The number of benzene rings is 2. The molecule has 0 saturated heterocycles. The Kier molecular flexibility index (Phi) is 7.81. The predicted octanol–water partition coefficient (Wildman–Crippen LogP) is 3.45. The Morgan fingerprint density at radius 1 is 0.974 bits per heavy atom. The van der Waals surface area contributed by atoms with Gasteiger partial charge in [-0.1, -0.05) is 42.5 Å². The van der Waals surface area contributed by atoms with Gasteiger partial charge in [0, 0.05) is 7.49 Å². The van der Waals surface area contributed by atoms with E-state index >= 15 is 0 Å². The molecule has 200 valence electrons. The van der Waals surface area contributed by atoms with E-state index in [0.717, 1.165) is 0 Å². The summed E-state index contributed by atoms with van der Waals surface area (Å²) >= 11 is 0. The summed E-state index contributed by atoms with van der Waals surface area (Å²) in [5.41, 5.74) is 0.598. The van der Waals surface area contributed by atoms with Gasteiger partial charge in [-0.15, -0.1) is 10.2 Å². The van der Waals surface area contributed by atoms with Crippen molar-refractivity contribution in [3.05, 3.63) is 78.1 Å². The smallest absolute Gasteiger partial charge is 0.388 e. The topological polar surface area (TPSA) is 135 Å². The molecule has 14 heteroatoms. The zero-order valence-corrected chi connectivity index (χ0v) is 20.9. The molecule has 0 radical (unpaired) electrons. The molecule has 0 aliphatic rings. The second kappa shape index (κ2) is 11.2. The van der Waals surface area contributed by atoms with Crippen LogP contribution < -0.4 is 18.9 Å². The van der Waals surface area contributed by atoms with Crippen molar-refractivity contribution in [2.75, 3.05) is 14.2 Å². The number of alkyl halides is 2. The van der Waals surface area contributed by atoms with Gasteiger partial charge in [0.05, 0.1) is 20.0 Å². The minimum atomic E-state index is -4.15. The van der Waals surface area contributed by atoms with Crippen LogP contribution in [-0.4, -0.2) is 54.9 Å². The molecular formula is C24H23F2N5O6S. The lowest BCUT2D eigenvalue weighted by Gasteiger charge is -2.17. The Hall–Kier alpha value is -4.59. The van der Waals surface area contributed by atoms with Crippen molar-refractivity contribution in [2.24, 2.45) is 0 Å². The average Bonchev–Trinajstić information content (AvgIpc) is 3.33. The fourth-order valence-electron chi connectivity index (χ4n) is 3.57. The SMILES string of the molecule is COc1cccc(OC)c1-n1c(C(=O)NS(=O)(=O)Cc2ccccc2)nnc1-c1cccc(OC(F)F)n1.[HH]. The molecule has 0 aliphatic carbocycles. The largest absolute Gasteiger partial charge is 0.494 e. The Bertz CT molecular complexity index is 1530. The second-order valence-electron chi connectivity index (χ2n) is 7.61. The van der Waals surface area contributed by atoms with E-state index in [1.165, 1.54) is 37.0 Å². The lowest BCUT2D eigenvalue weighted by molar-refractivity contribution is -0.0527. The summed E-state index contributed by atoms with van der Waals surface area (Å²) in [7, 11) is -1.40. The Labute approximate surface area is 217 Å². The van der Waals surface area contributed by atoms with Crippen molar-refractivity contribution in [1.29, 1.82) is 0 Å². The number of sulfonamides is 1. The van der Waals surface area contributed by atoms with Gasteiger partial charge in [0.2, 0.25) is 21.7 Å². The van der Waals surface area contributed by atoms with Crippen LogP contribution in [0.1, 0.15) is 17.6 Å². The molecule has 0 aliphatic heterocycles. The Balaban J connectivity index is 0.00000420. The summed E-state index contributed by atoms with van der Waals surface area (Å²) < 4.78 is 69.5. The third-order valence-corrected chi connectivity index (χ3v) is 6.31. The van der Waals surface area contributed by atoms with Crippen LogP contribution in [-0.2, 0) is 15.8 Å². The molecule has 4 aromatic rings. The summed E-state index contributed by atoms with van der Waals surface area (Å²) in [4.78, 5) is 17.3. The van der Waals surface area contributed by atoms with E-state index in [1.54, 1.807) is 48.5 Å². The molecule has 11 nitrogen and oxygen atoms in total. The van der Waals surface area contributed by atoms with Gasteiger partial charge in [0.15, 0.2) is 5.82 Å². The van der Waals surface area contributed by atoms with Crippen molar-refractivity contribution >= 4 is 15.9 Å². The first-order valence-electron chi connectivity index (χ1n) is 10.9. The van der Waals surface area contributed by atoms with Crippen molar-refractivity contribution in [1.82, 2.24) is 24.5 Å². The third-order valence-electron chi connectivity index (χ3n) is 5.10. The number of pyridine rings is 1. The van der Waals surface area contributed by atoms with Gasteiger partial charge in [-0.2, -0.15) is 8.78 Å². The van der Waals surface area contributed by atoms with Crippen molar-refractivity contribution in [3.63, 3.8) is 0 Å². The predicted molar refractivity (Wildman–Crippen MR) is 133 cm³/mol. The molecule has 0 unspecified atom stereocenters. The zero-order chi connectivity index (χ0) is 27.3. The van der Waals surface area contributed by atoms with Gasteiger partial charge in [-0.25, -0.2) is 18.1 Å². The zero-order valence-electron chi connectivity index (χ0n) is 20.0. The van der Waals surface area contributed by atoms with Crippen molar-refractivity contribution in [3.8, 4) is 34.6 Å². The summed E-state index contributed by atoms with van der Waals surface area (Å²) in [6.07, 6.45) is 0. The van der Waals surface area contributed by atoms with Gasteiger partial charge in [0.1, 0.15) is 22.9 Å². The van der Waals surface area contributed by atoms with Gasteiger partial charge in [-0.05, 0) is 23.8 Å². The highest BCUT2D eigenvalue weighted by Gasteiger charge is 2.29. The molecule has 2 aromatic carbocycles. The average molecular weight is 548 g/mol. The summed E-state index contributed by atoms with van der Waals surface area (Å²) in [6, 6.07) is 17.1. The number of hydrogen-bond donors (Lipinski definition) is 1. The minimum Gasteiger partial charge on any atom is -0.494 e. The van der Waals surface area contributed by atoms with Crippen LogP contribution in [0.15, 0.2) is 66.7 Å². The molecule has 1 amide bonds. The monoisotopic (exact) mass is 547 g/mol. The molecule has 4 rings (SSSR count). The number of nitrogens with one attached hydrogen (secondary N) is 1. The number of methoxy groups -OCH3 is 2. The molecule has 0 bridgehead atoms.